The number of rotatable bonds is 5. The number of amides is 1. The predicted molar refractivity (Wildman–Crippen MR) is 109 cm³/mol. The molecule has 0 aliphatic heterocycles. The molecule has 0 unspecified atom stereocenters. The Morgan fingerprint density at radius 3 is 2.70 bits per heavy atom. The van der Waals surface area contributed by atoms with Crippen LogP contribution in [-0.4, -0.2) is 24.6 Å². The lowest BCUT2D eigenvalue weighted by Gasteiger charge is -2.12. The Hall–Kier alpha value is -2.03. The Morgan fingerprint density at radius 2 is 1.96 bits per heavy atom. The second-order valence-electron chi connectivity index (χ2n) is 6.44. The van der Waals surface area contributed by atoms with Crippen molar-refractivity contribution >= 4 is 44.1 Å². The monoisotopic (exact) mass is 418 g/mol. The van der Waals surface area contributed by atoms with Gasteiger partial charge in [-0.2, -0.15) is 0 Å². The van der Waals surface area contributed by atoms with E-state index in [2.05, 4.69) is 10.3 Å². The summed E-state index contributed by atoms with van der Waals surface area (Å²) < 4.78 is 25.5. The first-order valence-corrected chi connectivity index (χ1v) is 11.9. The minimum absolute atomic E-state index is 0.274. The van der Waals surface area contributed by atoms with Gasteiger partial charge in [0.05, 0.1) is 21.2 Å². The molecule has 2 aromatic heterocycles. The number of carbonyl (C=O) groups is 1. The van der Waals surface area contributed by atoms with E-state index in [9.17, 15) is 13.2 Å². The number of nitrogens with one attached hydrogen (secondary N) is 1. The number of hydrogen-bond donors (Lipinski definition) is 1. The van der Waals surface area contributed by atoms with Crippen molar-refractivity contribution in [3.63, 3.8) is 0 Å². The first kappa shape index (κ1) is 18.3. The van der Waals surface area contributed by atoms with Crippen molar-refractivity contribution in [1.29, 1.82) is 0 Å². The number of sulfone groups is 1. The van der Waals surface area contributed by atoms with Crippen LogP contribution in [0, 0.1) is 0 Å². The third kappa shape index (κ3) is 3.83. The molecule has 8 heteroatoms. The summed E-state index contributed by atoms with van der Waals surface area (Å²) in [6.45, 7) is 0. The molecule has 1 aromatic carbocycles. The maximum absolute atomic E-state index is 12.8. The number of hydrogen-bond acceptors (Lipinski definition) is 6. The molecule has 1 aliphatic rings. The van der Waals surface area contributed by atoms with E-state index in [1.807, 2.05) is 17.5 Å². The van der Waals surface area contributed by atoms with Gasteiger partial charge in [0, 0.05) is 5.69 Å². The summed E-state index contributed by atoms with van der Waals surface area (Å²) in [7, 11) is -3.35. The molecule has 140 valence electrons. The molecule has 0 spiro atoms. The Morgan fingerprint density at radius 1 is 1.15 bits per heavy atom. The van der Waals surface area contributed by atoms with Crippen LogP contribution in [0.4, 0.5) is 5.69 Å². The fraction of sp³-hybridized carbons (Fsp3) is 0.263. The van der Waals surface area contributed by atoms with Crippen LogP contribution in [0.1, 0.15) is 35.4 Å². The summed E-state index contributed by atoms with van der Waals surface area (Å²) in [6.07, 6.45) is 4.89. The van der Waals surface area contributed by atoms with Crippen LogP contribution in [0.15, 0.2) is 52.9 Å². The van der Waals surface area contributed by atoms with Crippen LogP contribution in [0.2, 0.25) is 0 Å². The zero-order valence-electron chi connectivity index (χ0n) is 14.4. The van der Waals surface area contributed by atoms with Crippen LogP contribution in [-0.2, 0) is 9.84 Å². The van der Waals surface area contributed by atoms with E-state index in [-0.39, 0.29) is 16.1 Å². The van der Waals surface area contributed by atoms with Gasteiger partial charge in [-0.1, -0.05) is 25.0 Å². The Balaban J connectivity index is 1.52. The fourth-order valence-electron chi connectivity index (χ4n) is 3.23. The molecule has 0 bridgehead atoms. The van der Waals surface area contributed by atoms with E-state index in [0.717, 1.165) is 22.7 Å². The highest BCUT2D eigenvalue weighted by Gasteiger charge is 2.30. The smallest absolute Gasteiger partial charge is 0.267 e. The van der Waals surface area contributed by atoms with Crippen molar-refractivity contribution in [3.8, 4) is 9.88 Å². The summed E-state index contributed by atoms with van der Waals surface area (Å²) >= 11 is 2.89. The van der Waals surface area contributed by atoms with Crippen molar-refractivity contribution in [1.82, 2.24) is 4.98 Å². The third-order valence-electron chi connectivity index (χ3n) is 4.62. The van der Waals surface area contributed by atoms with Crippen LogP contribution in [0.25, 0.3) is 9.88 Å². The molecule has 4 rings (SSSR count). The van der Waals surface area contributed by atoms with E-state index in [1.165, 1.54) is 11.3 Å². The molecular formula is C19H18N2O3S3. The van der Waals surface area contributed by atoms with Gasteiger partial charge in [-0.15, -0.1) is 22.7 Å². The van der Waals surface area contributed by atoms with Crippen molar-refractivity contribution in [2.24, 2.45) is 0 Å². The van der Waals surface area contributed by atoms with Crippen molar-refractivity contribution < 1.29 is 13.2 Å². The Bertz CT molecular complexity index is 1050. The molecule has 2 heterocycles. The SMILES string of the molecule is O=C(Nc1cccc(S(=O)(=O)C2CCCC2)c1)c1cnc(-c2cccs2)s1. The van der Waals surface area contributed by atoms with Crippen molar-refractivity contribution in [2.45, 2.75) is 35.8 Å². The number of benzene rings is 1. The third-order valence-corrected chi connectivity index (χ3v) is 8.92. The molecule has 5 nitrogen and oxygen atoms in total. The van der Waals surface area contributed by atoms with Gasteiger partial charge in [0.2, 0.25) is 0 Å². The zero-order valence-corrected chi connectivity index (χ0v) is 16.9. The van der Waals surface area contributed by atoms with E-state index in [1.54, 1.807) is 41.8 Å². The summed E-state index contributed by atoms with van der Waals surface area (Å²) in [6, 6.07) is 10.4. The number of thiophene rings is 1. The molecular weight excluding hydrogens is 400 g/mol. The highest BCUT2D eigenvalue weighted by atomic mass is 32.2. The Kier molecular flexibility index (Phi) is 5.12. The average Bonchev–Trinajstić information content (AvgIpc) is 3.44. The second kappa shape index (κ2) is 7.53. The lowest BCUT2D eigenvalue weighted by molar-refractivity contribution is 0.103. The average molecular weight is 419 g/mol. The fourth-order valence-corrected chi connectivity index (χ4v) is 6.74. The highest BCUT2D eigenvalue weighted by Crippen LogP contribution is 2.31. The van der Waals surface area contributed by atoms with Crippen molar-refractivity contribution in [2.75, 3.05) is 5.32 Å². The molecule has 1 N–H and O–H groups in total. The molecule has 1 fully saturated rings. The first-order valence-electron chi connectivity index (χ1n) is 8.69. The maximum atomic E-state index is 12.8. The summed E-state index contributed by atoms with van der Waals surface area (Å²) in [5.41, 5.74) is 0.477. The standard InChI is InChI=1S/C19H18N2O3S3/c22-18(17-12-20-19(26-17)16-9-4-10-25-16)21-13-5-3-8-15(11-13)27(23,24)14-6-1-2-7-14/h3-5,8-12,14H,1-2,6-7H2,(H,21,22). The molecule has 0 saturated heterocycles. The van der Waals surface area contributed by atoms with Gasteiger partial charge in [-0.05, 0) is 42.5 Å². The topological polar surface area (TPSA) is 76.1 Å². The zero-order chi connectivity index (χ0) is 18.9. The van der Waals surface area contributed by atoms with E-state index in [0.29, 0.717) is 23.4 Å². The first-order chi connectivity index (χ1) is 13.0. The van der Waals surface area contributed by atoms with Crippen LogP contribution < -0.4 is 5.32 Å². The van der Waals surface area contributed by atoms with Gasteiger partial charge >= 0.3 is 0 Å². The predicted octanol–water partition coefficient (Wildman–Crippen LogP) is 4.84. The van der Waals surface area contributed by atoms with Gasteiger partial charge in [-0.25, -0.2) is 13.4 Å². The Labute approximate surface area is 166 Å². The normalized spacial score (nSPS) is 15.1. The number of carbonyl (C=O) groups excluding carboxylic acids is 1. The molecule has 1 amide bonds. The summed E-state index contributed by atoms with van der Waals surface area (Å²) in [5.74, 6) is -0.286. The number of nitrogens with zero attached hydrogens (tertiary/aromatic N) is 1. The minimum Gasteiger partial charge on any atom is -0.321 e. The summed E-state index contributed by atoms with van der Waals surface area (Å²) in [5, 5.41) is 5.25. The van der Waals surface area contributed by atoms with Crippen LogP contribution in [0.5, 0.6) is 0 Å². The van der Waals surface area contributed by atoms with Gasteiger partial charge in [0.1, 0.15) is 9.88 Å². The molecule has 3 aromatic rings. The minimum atomic E-state index is -3.35. The van der Waals surface area contributed by atoms with Gasteiger partial charge in [-0.3, -0.25) is 4.79 Å². The van der Waals surface area contributed by atoms with Crippen LogP contribution in [0.3, 0.4) is 0 Å². The second-order valence-corrected chi connectivity index (χ2v) is 10.6. The molecule has 0 atom stereocenters. The van der Waals surface area contributed by atoms with Gasteiger partial charge < -0.3 is 5.32 Å². The largest absolute Gasteiger partial charge is 0.321 e. The van der Waals surface area contributed by atoms with E-state index in [4.69, 9.17) is 0 Å². The van der Waals surface area contributed by atoms with Gasteiger partial charge in [0.25, 0.3) is 5.91 Å². The number of thiazole rings is 1. The lowest BCUT2D eigenvalue weighted by Crippen LogP contribution is -2.18. The molecule has 1 saturated carbocycles. The molecule has 0 radical (unpaired) electrons. The highest BCUT2D eigenvalue weighted by molar-refractivity contribution is 7.92. The quantitative estimate of drug-likeness (QED) is 0.643. The molecule has 1 aliphatic carbocycles. The summed E-state index contributed by atoms with van der Waals surface area (Å²) in [4.78, 5) is 18.6. The molecule has 27 heavy (non-hydrogen) atoms. The lowest BCUT2D eigenvalue weighted by atomic mass is 10.3. The van der Waals surface area contributed by atoms with Crippen molar-refractivity contribution in [3.05, 3.63) is 52.9 Å². The van der Waals surface area contributed by atoms with Crippen LogP contribution >= 0.6 is 22.7 Å². The van der Waals surface area contributed by atoms with E-state index >= 15 is 0 Å². The number of aromatic nitrogens is 1. The van der Waals surface area contributed by atoms with E-state index < -0.39 is 9.84 Å². The van der Waals surface area contributed by atoms with Gasteiger partial charge in [0.15, 0.2) is 9.84 Å². The number of anilines is 1. The maximum Gasteiger partial charge on any atom is 0.267 e.